The van der Waals surface area contributed by atoms with Crippen LogP contribution >= 0.6 is 0 Å². The van der Waals surface area contributed by atoms with Crippen molar-refractivity contribution in [3.8, 4) is 0 Å². The maximum Gasteiger partial charge on any atom is 0.306 e. The van der Waals surface area contributed by atoms with Crippen LogP contribution in [0.4, 0.5) is 0 Å². The van der Waals surface area contributed by atoms with Crippen LogP contribution in [-0.2, 0) is 28.6 Å². The van der Waals surface area contributed by atoms with E-state index in [-0.39, 0.29) is 31.1 Å². The molecule has 0 fully saturated rings. The molecule has 0 radical (unpaired) electrons. The number of carbonyl (C=O) groups is 3. The highest BCUT2D eigenvalue weighted by molar-refractivity contribution is 5.71. The smallest absolute Gasteiger partial charge is 0.306 e. The lowest BCUT2D eigenvalue weighted by molar-refractivity contribution is -0.167. The van der Waals surface area contributed by atoms with Gasteiger partial charge in [0, 0.05) is 19.3 Å². The van der Waals surface area contributed by atoms with Crippen LogP contribution in [0.5, 0.6) is 0 Å². The van der Waals surface area contributed by atoms with E-state index in [9.17, 15) is 14.4 Å². The highest BCUT2D eigenvalue weighted by atomic mass is 16.6. The van der Waals surface area contributed by atoms with Gasteiger partial charge in [-0.05, 0) is 96.3 Å². The van der Waals surface area contributed by atoms with E-state index in [0.29, 0.717) is 19.3 Å². The second kappa shape index (κ2) is 64.1. The summed E-state index contributed by atoms with van der Waals surface area (Å²) in [6, 6.07) is 0. The first-order valence-electron chi connectivity index (χ1n) is 32.6. The monoisotopic (exact) mass is 1060 g/mol. The molecule has 0 aromatic rings. The topological polar surface area (TPSA) is 78.9 Å². The average Bonchev–Trinajstić information content (AvgIpc) is 3.42. The van der Waals surface area contributed by atoms with Gasteiger partial charge in [-0.25, -0.2) is 0 Å². The molecule has 76 heavy (non-hydrogen) atoms. The molecule has 6 nitrogen and oxygen atoms in total. The molecule has 0 spiro atoms. The van der Waals surface area contributed by atoms with Crippen LogP contribution in [0.2, 0.25) is 0 Å². The second-order valence-corrected chi connectivity index (χ2v) is 21.6. The largest absolute Gasteiger partial charge is 0.462 e. The summed E-state index contributed by atoms with van der Waals surface area (Å²) >= 11 is 0. The van der Waals surface area contributed by atoms with Gasteiger partial charge < -0.3 is 14.2 Å². The number of carbonyl (C=O) groups excluding carboxylic acids is 3. The molecule has 0 bridgehead atoms. The molecule has 0 aromatic heterocycles. The van der Waals surface area contributed by atoms with Gasteiger partial charge >= 0.3 is 17.9 Å². The minimum Gasteiger partial charge on any atom is -0.462 e. The zero-order chi connectivity index (χ0) is 55.0. The molecule has 438 valence electrons. The lowest BCUT2D eigenvalue weighted by Crippen LogP contribution is -2.30. The SMILES string of the molecule is CC/C=C\C/C=C\C/C=C\C/C=C\C/C=C\C/C=C\CCCCCCCCCCCCC(=O)OCC(COC(=O)CCCCCCC/C=C\CCCCCC)OC(=O)CCCCCCCCCCCCCCCCCC. The van der Waals surface area contributed by atoms with Crippen LogP contribution in [0.25, 0.3) is 0 Å². The molecule has 1 unspecified atom stereocenters. The lowest BCUT2D eigenvalue weighted by atomic mass is 10.0. The summed E-state index contributed by atoms with van der Waals surface area (Å²) in [6.07, 6.45) is 84.5. The van der Waals surface area contributed by atoms with Crippen molar-refractivity contribution >= 4 is 17.9 Å². The minimum atomic E-state index is -0.780. The Morgan fingerprint density at radius 3 is 0.829 bits per heavy atom. The number of rotatable bonds is 59. The average molecular weight is 1060 g/mol. The molecule has 0 amide bonds. The molecule has 0 heterocycles. The molecule has 1 atom stereocenters. The van der Waals surface area contributed by atoms with Crippen molar-refractivity contribution < 1.29 is 28.6 Å². The fraction of sp³-hybridized carbons (Fsp3) is 0.757. The Morgan fingerprint density at radius 1 is 0.276 bits per heavy atom. The van der Waals surface area contributed by atoms with E-state index in [1.807, 2.05) is 0 Å². The Bertz CT molecular complexity index is 1450. The highest BCUT2D eigenvalue weighted by Crippen LogP contribution is 2.17. The van der Waals surface area contributed by atoms with Crippen molar-refractivity contribution in [2.75, 3.05) is 13.2 Å². The van der Waals surface area contributed by atoms with Gasteiger partial charge in [0.2, 0.25) is 0 Å². The third-order valence-corrected chi connectivity index (χ3v) is 14.1. The second-order valence-electron chi connectivity index (χ2n) is 21.6. The normalized spacial score (nSPS) is 12.6. The molecular weight excluding hydrogens is 937 g/mol. The van der Waals surface area contributed by atoms with E-state index < -0.39 is 6.10 Å². The van der Waals surface area contributed by atoms with Crippen molar-refractivity contribution in [1.82, 2.24) is 0 Å². The Kier molecular flexibility index (Phi) is 61.2. The van der Waals surface area contributed by atoms with Gasteiger partial charge in [-0.2, -0.15) is 0 Å². The van der Waals surface area contributed by atoms with Crippen LogP contribution in [0, 0.1) is 0 Å². The number of unbranched alkanes of at least 4 members (excludes halogenated alkanes) is 34. The molecule has 0 saturated carbocycles. The van der Waals surface area contributed by atoms with E-state index in [1.54, 1.807) is 0 Å². The molecule has 0 aromatic carbocycles. The number of hydrogen-bond donors (Lipinski definition) is 0. The zero-order valence-corrected chi connectivity index (χ0v) is 50.3. The minimum absolute atomic E-state index is 0.0780. The molecule has 0 N–H and O–H groups in total. The lowest BCUT2D eigenvalue weighted by Gasteiger charge is -2.18. The van der Waals surface area contributed by atoms with Crippen molar-refractivity contribution in [2.24, 2.45) is 0 Å². The van der Waals surface area contributed by atoms with Crippen LogP contribution in [0.1, 0.15) is 323 Å². The van der Waals surface area contributed by atoms with Gasteiger partial charge in [-0.15, -0.1) is 0 Å². The third-order valence-electron chi connectivity index (χ3n) is 14.1. The number of hydrogen-bond acceptors (Lipinski definition) is 6. The predicted octanol–water partition coefficient (Wildman–Crippen LogP) is 22.3. The van der Waals surface area contributed by atoms with Crippen molar-refractivity contribution in [1.29, 1.82) is 0 Å². The van der Waals surface area contributed by atoms with E-state index in [4.69, 9.17) is 14.2 Å². The van der Waals surface area contributed by atoms with Crippen molar-refractivity contribution in [3.05, 3.63) is 85.1 Å². The van der Waals surface area contributed by atoms with Gasteiger partial charge in [0.05, 0.1) is 0 Å². The molecule has 0 aliphatic rings. The fourth-order valence-corrected chi connectivity index (χ4v) is 9.27. The molecule has 6 heteroatoms. The zero-order valence-electron chi connectivity index (χ0n) is 50.3. The Balaban J connectivity index is 4.26. The predicted molar refractivity (Wildman–Crippen MR) is 330 cm³/mol. The maximum atomic E-state index is 12.9. The molecule has 0 aliphatic heterocycles. The van der Waals surface area contributed by atoms with Crippen molar-refractivity contribution in [2.45, 2.75) is 329 Å². The van der Waals surface area contributed by atoms with E-state index in [1.165, 1.54) is 180 Å². The first-order chi connectivity index (χ1) is 37.5. The van der Waals surface area contributed by atoms with Gasteiger partial charge in [-0.3, -0.25) is 14.4 Å². The van der Waals surface area contributed by atoms with Gasteiger partial charge in [0.1, 0.15) is 13.2 Å². The summed E-state index contributed by atoms with van der Waals surface area (Å²) in [5.41, 5.74) is 0. The van der Waals surface area contributed by atoms with E-state index in [2.05, 4.69) is 106 Å². The summed E-state index contributed by atoms with van der Waals surface area (Å²) in [6.45, 7) is 6.54. The number of allylic oxidation sites excluding steroid dienone is 14. The van der Waals surface area contributed by atoms with Gasteiger partial charge in [0.25, 0.3) is 0 Å². The van der Waals surface area contributed by atoms with E-state index in [0.717, 1.165) is 103 Å². The summed E-state index contributed by atoms with van der Waals surface area (Å²) in [7, 11) is 0. The van der Waals surface area contributed by atoms with Crippen LogP contribution in [0.3, 0.4) is 0 Å². The van der Waals surface area contributed by atoms with Gasteiger partial charge in [0.15, 0.2) is 6.10 Å². The Morgan fingerprint density at radius 2 is 0.513 bits per heavy atom. The molecule has 0 saturated heterocycles. The number of ether oxygens (including phenoxy) is 3. The first-order valence-corrected chi connectivity index (χ1v) is 32.6. The molecule has 0 rings (SSSR count). The summed E-state index contributed by atoms with van der Waals surface area (Å²) in [5.74, 6) is -0.876. The van der Waals surface area contributed by atoms with Crippen LogP contribution < -0.4 is 0 Å². The highest BCUT2D eigenvalue weighted by Gasteiger charge is 2.19. The molecular formula is C70H122O6. The molecule has 0 aliphatic carbocycles. The summed E-state index contributed by atoms with van der Waals surface area (Å²) in [4.78, 5) is 38.3. The van der Waals surface area contributed by atoms with Crippen molar-refractivity contribution in [3.63, 3.8) is 0 Å². The van der Waals surface area contributed by atoms with E-state index >= 15 is 0 Å². The standard InChI is InChI=1S/C70H122O6/c1-4-7-10-13-16-19-22-25-27-29-30-31-32-33-34-35-36-37-38-39-40-41-43-45-48-51-54-57-60-63-69(72)75-66-67(65-74-68(71)62-59-56-53-50-47-44-24-21-18-15-12-9-6-3)76-70(73)64-61-58-55-52-49-46-42-28-26-23-20-17-14-11-8-5-2/h7,10,16,19,21,24-25,27,30-31,33-34,36-37,67H,4-6,8-9,11-15,17-18,20,22-23,26,28-29,32,35,38-66H2,1-3H3/b10-7-,19-16-,24-21-,27-25-,31-30-,34-33-,37-36-. The Labute approximate surface area is 471 Å². The third kappa shape index (κ3) is 61.4. The van der Waals surface area contributed by atoms with Crippen LogP contribution in [-0.4, -0.2) is 37.2 Å². The fourth-order valence-electron chi connectivity index (χ4n) is 9.27. The summed E-state index contributed by atoms with van der Waals surface area (Å²) in [5, 5.41) is 0. The Hall–Kier alpha value is -3.41. The maximum absolute atomic E-state index is 12.9. The van der Waals surface area contributed by atoms with Crippen LogP contribution in [0.15, 0.2) is 85.1 Å². The van der Waals surface area contributed by atoms with Gasteiger partial charge in [-0.1, -0.05) is 292 Å². The number of esters is 3. The first kappa shape index (κ1) is 72.6. The summed E-state index contributed by atoms with van der Waals surface area (Å²) < 4.78 is 16.9. The quantitative estimate of drug-likeness (QED) is 0.0261.